The molecule has 1 rings (SSSR count). The van der Waals surface area contributed by atoms with Crippen LogP contribution in [0.2, 0.25) is 0 Å². The van der Waals surface area contributed by atoms with Crippen LogP contribution >= 0.6 is 30.2 Å². The lowest BCUT2D eigenvalue weighted by Crippen LogP contribution is -2.18. The van der Waals surface area contributed by atoms with Crippen LogP contribution in [0, 0.1) is 0 Å². The molecule has 0 radical (unpaired) electrons. The third kappa shape index (κ3) is 3.66. The Balaban J connectivity index is 2.82. The predicted octanol–water partition coefficient (Wildman–Crippen LogP) is 2.76. The fourth-order valence-corrected chi connectivity index (χ4v) is 4.09. The summed E-state index contributed by atoms with van der Waals surface area (Å²) < 4.78 is 28.2. The van der Waals surface area contributed by atoms with E-state index in [9.17, 15) is 9.36 Å². The van der Waals surface area contributed by atoms with Crippen molar-refractivity contribution in [2.45, 2.75) is 42.9 Å². The van der Waals surface area contributed by atoms with E-state index >= 15 is 0 Å². The van der Waals surface area contributed by atoms with E-state index in [-0.39, 0.29) is 23.2 Å². The number of esters is 1. The Morgan fingerprint density at radius 3 is 2.35 bits per heavy atom. The first-order valence-corrected chi connectivity index (χ1v) is 8.53. The highest BCUT2D eigenvalue weighted by Gasteiger charge is 2.49. The zero-order valence-electron chi connectivity index (χ0n) is 10.2. The van der Waals surface area contributed by atoms with Gasteiger partial charge in [0.05, 0.1) is 13.2 Å². The van der Waals surface area contributed by atoms with Gasteiger partial charge in [-0.1, -0.05) is 22.6 Å². The van der Waals surface area contributed by atoms with Crippen molar-refractivity contribution in [1.82, 2.24) is 0 Å². The highest BCUT2D eigenvalue weighted by atomic mass is 127. The van der Waals surface area contributed by atoms with E-state index in [0.717, 1.165) is 0 Å². The molecule has 1 aliphatic rings. The van der Waals surface area contributed by atoms with Crippen LogP contribution in [-0.4, -0.2) is 34.9 Å². The number of ether oxygens (including phenoxy) is 1. The highest BCUT2D eigenvalue weighted by molar-refractivity contribution is 14.1. The fourth-order valence-electron chi connectivity index (χ4n) is 1.71. The van der Waals surface area contributed by atoms with E-state index in [0.29, 0.717) is 6.42 Å². The van der Waals surface area contributed by atoms with Crippen LogP contribution in [0.1, 0.15) is 27.2 Å². The van der Waals surface area contributed by atoms with Gasteiger partial charge in [0.2, 0.25) is 0 Å². The van der Waals surface area contributed by atoms with Crippen LogP contribution in [0.5, 0.6) is 0 Å². The summed E-state index contributed by atoms with van der Waals surface area (Å²) >= 11 is 2.19. The van der Waals surface area contributed by atoms with Crippen molar-refractivity contribution in [2.75, 3.05) is 13.2 Å². The lowest BCUT2D eigenvalue weighted by molar-refractivity contribution is -0.141. The van der Waals surface area contributed by atoms with E-state index in [2.05, 4.69) is 22.6 Å². The van der Waals surface area contributed by atoms with Crippen molar-refractivity contribution in [2.24, 2.45) is 0 Å². The van der Waals surface area contributed by atoms with Crippen molar-refractivity contribution in [1.29, 1.82) is 0 Å². The van der Waals surface area contributed by atoms with E-state index in [4.69, 9.17) is 13.8 Å². The maximum Gasteiger partial charge on any atom is 0.345 e. The number of rotatable bonds is 6. The van der Waals surface area contributed by atoms with Gasteiger partial charge < -0.3 is 13.8 Å². The number of alkyl halides is 1. The molecule has 0 spiro atoms. The van der Waals surface area contributed by atoms with Gasteiger partial charge in [-0.15, -0.1) is 0 Å². The normalized spacial score (nSPS) is 26.9. The van der Waals surface area contributed by atoms with Crippen LogP contribution in [0.15, 0.2) is 0 Å². The summed E-state index contributed by atoms with van der Waals surface area (Å²) in [5.74, 6) is -0.469. The fraction of sp³-hybridized carbons (Fsp3) is 0.900. The molecule has 1 aliphatic heterocycles. The number of hydrogen-bond acceptors (Lipinski definition) is 5. The molecule has 5 nitrogen and oxygen atoms in total. The molecular formula is C10H18IO5P. The summed E-state index contributed by atoms with van der Waals surface area (Å²) in [6.07, 6.45) is 0.197. The Labute approximate surface area is 115 Å². The molecule has 1 heterocycles. The number of hydrogen-bond donors (Lipinski definition) is 0. The number of cyclic esters (lactones) is 1. The minimum absolute atomic E-state index is 0.179. The van der Waals surface area contributed by atoms with Crippen LogP contribution in [0.4, 0.5) is 0 Å². The first-order valence-electron chi connectivity index (χ1n) is 5.68. The monoisotopic (exact) mass is 376 g/mol. The number of carbonyl (C=O) groups excluding carboxylic acids is 1. The first-order chi connectivity index (χ1) is 7.94. The maximum atomic E-state index is 12.4. The molecular weight excluding hydrogens is 358 g/mol. The van der Waals surface area contributed by atoms with Crippen LogP contribution in [0.25, 0.3) is 0 Å². The third-order valence-electron chi connectivity index (χ3n) is 2.51. The van der Waals surface area contributed by atoms with Gasteiger partial charge in [-0.05, 0) is 20.8 Å². The van der Waals surface area contributed by atoms with E-state index in [1.165, 1.54) is 0 Å². The molecule has 0 aliphatic carbocycles. The van der Waals surface area contributed by atoms with Gasteiger partial charge in [0, 0.05) is 10.3 Å². The summed E-state index contributed by atoms with van der Waals surface area (Å²) in [6, 6.07) is 0. The maximum absolute atomic E-state index is 12.4. The molecule has 100 valence electrons. The van der Waals surface area contributed by atoms with Gasteiger partial charge in [-0.3, -0.25) is 9.36 Å². The minimum atomic E-state index is -3.38. The lowest BCUT2D eigenvalue weighted by Gasteiger charge is -2.20. The number of halogens is 1. The average molecular weight is 376 g/mol. The van der Waals surface area contributed by atoms with Crippen LogP contribution < -0.4 is 0 Å². The van der Waals surface area contributed by atoms with Crippen LogP contribution in [0.3, 0.4) is 0 Å². The largest absolute Gasteiger partial charge is 0.461 e. The summed E-state index contributed by atoms with van der Waals surface area (Å²) in [5, 5.41) is 0. The van der Waals surface area contributed by atoms with Gasteiger partial charge in [-0.25, -0.2) is 0 Å². The molecule has 0 aromatic carbocycles. The zero-order chi connectivity index (χ0) is 13.1. The van der Waals surface area contributed by atoms with Crippen molar-refractivity contribution in [3.05, 3.63) is 0 Å². The molecule has 0 amide bonds. The summed E-state index contributed by atoms with van der Waals surface area (Å²) in [4.78, 5) is 11.7. The van der Waals surface area contributed by atoms with Crippen molar-refractivity contribution in [3.8, 4) is 0 Å². The number of carbonyl (C=O) groups is 1. The van der Waals surface area contributed by atoms with Gasteiger partial charge in [0.1, 0.15) is 6.10 Å². The van der Waals surface area contributed by atoms with E-state index in [1.54, 1.807) is 13.8 Å². The Morgan fingerprint density at radius 2 is 2.00 bits per heavy atom. The Kier molecular flexibility index (Phi) is 5.89. The molecule has 0 aromatic heterocycles. The second-order valence-electron chi connectivity index (χ2n) is 3.78. The predicted molar refractivity (Wildman–Crippen MR) is 72.6 cm³/mol. The molecule has 0 bridgehead atoms. The van der Waals surface area contributed by atoms with Gasteiger partial charge in [0.25, 0.3) is 0 Å². The van der Waals surface area contributed by atoms with E-state index < -0.39 is 19.2 Å². The molecule has 1 unspecified atom stereocenters. The summed E-state index contributed by atoms with van der Waals surface area (Å²) in [6.45, 7) is 5.92. The molecule has 0 aromatic rings. The second kappa shape index (κ2) is 6.50. The Bertz CT molecular complexity index is 310. The Morgan fingerprint density at radius 1 is 1.47 bits per heavy atom. The molecule has 0 N–H and O–H groups in total. The SMILES string of the molecule is CCOP(=O)(OCC)C1C[C@@H]([C@H](C)I)OC1=O. The molecule has 1 fully saturated rings. The molecule has 0 saturated carbocycles. The van der Waals surface area contributed by atoms with Crippen molar-refractivity contribution < 1.29 is 23.1 Å². The lowest BCUT2D eigenvalue weighted by atomic mass is 10.2. The topological polar surface area (TPSA) is 61.8 Å². The Hall–Kier alpha value is 0.350. The van der Waals surface area contributed by atoms with Gasteiger partial charge in [-0.2, -0.15) is 0 Å². The average Bonchev–Trinajstić information content (AvgIpc) is 2.62. The molecule has 3 atom stereocenters. The smallest absolute Gasteiger partial charge is 0.345 e. The van der Waals surface area contributed by atoms with Gasteiger partial charge >= 0.3 is 13.6 Å². The standard InChI is InChI=1S/C10H18IO5P/c1-4-14-17(13,15-5-2)9-6-8(7(3)11)16-10(9)12/h7-9H,4-6H2,1-3H3/t7-,8-,9?/m0/s1. The molecule has 1 saturated heterocycles. The van der Waals surface area contributed by atoms with Crippen molar-refractivity contribution in [3.63, 3.8) is 0 Å². The molecule has 7 heteroatoms. The van der Waals surface area contributed by atoms with Crippen molar-refractivity contribution >= 4 is 36.2 Å². The van der Waals surface area contributed by atoms with Crippen LogP contribution in [-0.2, 0) is 23.1 Å². The summed E-state index contributed by atoms with van der Waals surface area (Å²) in [7, 11) is -3.38. The highest BCUT2D eigenvalue weighted by Crippen LogP contribution is 2.57. The summed E-state index contributed by atoms with van der Waals surface area (Å²) in [5.41, 5.74) is -0.774. The third-order valence-corrected chi connectivity index (χ3v) is 5.73. The zero-order valence-corrected chi connectivity index (χ0v) is 13.3. The van der Waals surface area contributed by atoms with Gasteiger partial charge in [0.15, 0.2) is 5.66 Å². The van der Waals surface area contributed by atoms with E-state index in [1.807, 2.05) is 6.92 Å². The minimum Gasteiger partial charge on any atom is -0.461 e. The second-order valence-corrected chi connectivity index (χ2v) is 7.96. The first kappa shape index (κ1) is 15.4. The quantitative estimate of drug-likeness (QED) is 0.309. The molecule has 17 heavy (non-hydrogen) atoms.